The van der Waals surface area contributed by atoms with E-state index in [0.29, 0.717) is 6.54 Å². The van der Waals surface area contributed by atoms with Crippen molar-refractivity contribution >= 4 is 10.2 Å². The van der Waals surface area contributed by atoms with E-state index < -0.39 is 10.2 Å². The average molecular weight is 234 g/mol. The van der Waals surface area contributed by atoms with E-state index in [4.69, 9.17) is 0 Å². The minimum atomic E-state index is -3.26. The zero-order valence-corrected chi connectivity index (χ0v) is 10.7. The molecule has 0 amide bonds. The zero-order chi connectivity index (χ0) is 11.5. The quantitative estimate of drug-likeness (QED) is 0.801. The molecule has 2 unspecified atom stereocenters. The molecule has 0 bridgehead atoms. The molecule has 4 nitrogen and oxygen atoms in total. The lowest BCUT2D eigenvalue weighted by Crippen LogP contribution is -2.49. The van der Waals surface area contributed by atoms with Crippen molar-refractivity contribution in [2.75, 3.05) is 6.54 Å². The van der Waals surface area contributed by atoms with Crippen LogP contribution in [0.5, 0.6) is 0 Å². The second-order valence-corrected chi connectivity index (χ2v) is 6.04. The summed E-state index contributed by atoms with van der Waals surface area (Å²) in [7, 11) is -3.26. The van der Waals surface area contributed by atoms with Crippen LogP contribution in [-0.4, -0.2) is 31.4 Å². The number of nitrogens with zero attached hydrogens (tertiary/aromatic N) is 1. The first-order valence-electron chi connectivity index (χ1n) is 5.76. The Hall–Kier alpha value is -0.130. The lowest BCUT2D eigenvalue weighted by Gasteiger charge is -2.33. The van der Waals surface area contributed by atoms with E-state index in [2.05, 4.69) is 4.72 Å². The van der Waals surface area contributed by atoms with Crippen LogP contribution in [-0.2, 0) is 10.2 Å². The molecule has 90 valence electrons. The molecule has 5 heteroatoms. The lowest BCUT2D eigenvalue weighted by atomic mass is 10.1. The molecule has 0 aromatic carbocycles. The molecule has 1 saturated heterocycles. The van der Waals surface area contributed by atoms with Crippen LogP contribution >= 0.6 is 0 Å². The van der Waals surface area contributed by atoms with Crippen molar-refractivity contribution in [3.63, 3.8) is 0 Å². The van der Waals surface area contributed by atoms with Crippen molar-refractivity contribution in [1.29, 1.82) is 0 Å². The van der Waals surface area contributed by atoms with Gasteiger partial charge in [-0.3, -0.25) is 0 Å². The molecule has 0 spiro atoms. The van der Waals surface area contributed by atoms with Gasteiger partial charge in [-0.05, 0) is 33.1 Å². The van der Waals surface area contributed by atoms with E-state index in [0.717, 1.165) is 25.7 Å². The van der Waals surface area contributed by atoms with E-state index in [-0.39, 0.29) is 12.1 Å². The Morgan fingerprint density at radius 3 is 2.67 bits per heavy atom. The van der Waals surface area contributed by atoms with Gasteiger partial charge in [-0.15, -0.1) is 0 Å². The predicted molar refractivity (Wildman–Crippen MR) is 61.8 cm³/mol. The van der Waals surface area contributed by atoms with Crippen LogP contribution in [0.25, 0.3) is 0 Å². The summed E-state index contributed by atoms with van der Waals surface area (Å²) in [6, 6.07) is 0.157. The van der Waals surface area contributed by atoms with Crippen molar-refractivity contribution < 1.29 is 8.42 Å². The minimum absolute atomic E-state index is 0.0177. The molecule has 0 aromatic rings. The van der Waals surface area contributed by atoms with Gasteiger partial charge in [0.2, 0.25) is 0 Å². The summed E-state index contributed by atoms with van der Waals surface area (Å²) in [4.78, 5) is 0. The normalized spacial score (nSPS) is 26.5. The van der Waals surface area contributed by atoms with Crippen LogP contribution in [0.4, 0.5) is 0 Å². The van der Waals surface area contributed by atoms with Crippen LogP contribution in [0.2, 0.25) is 0 Å². The molecule has 1 rings (SSSR count). The molecular formula is C10H22N2O2S. The van der Waals surface area contributed by atoms with Crippen molar-refractivity contribution in [2.45, 2.75) is 58.5 Å². The van der Waals surface area contributed by atoms with E-state index in [1.165, 1.54) is 0 Å². The van der Waals surface area contributed by atoms with Gasteiger partial charge in [0, 0.05) is 18.6 Å². The highest BCUT2D eigenvalue weighted by Gasteiger charge is 2.29. The van der Waals surface area contributed by atoms with Crippen LogP contribution in [0.1, 0.15) is 46.5 Å². The van der Waals surface area contributed by atoms with Gasteiger partial charge >= 0.3 is 0 Å². The Balaban J connectivity index is 2.67. The monoisotopic (exact) mass is 234 g/mol. The summed E-state index contributed by atoms with van der Waals surface area (Å²) in [5, 5.41) is 0. The Morgan fingerprint density at radius 2 is 2.13 bits per heavy atom. The average Bonchev–Trinajstić information content (AvgIpc) is 2.17. The second kappa shape index (κ2) is 5.27. The second-order valence-electron chi connectivity index (χ2n) is 4.39. The summed E-state index contributed by atoms with van der Waals surface area (Å²) >= 11 is 0. The Bertz CT molecular complexity index is 290. The molecule has 1 fully saturated rings. The van der Waals surface area contributed by atoms with Gasteiger partial charge in [0.1, 0.15) is 0 Å². The van der Waals surface area contributed by atoms with Crippen molar-refractivity contribution in [3.8, 4) is 0 Å². The first kappa shape index (κ1) is 12.9. The Kier molecular flexibility index (Phi) is 4.55. The lowest BCUT2D eigenvalue weighted by molar-refractivity contribution is 0.264. The molecule has 1 N–H and O–H groups in total. The molecule has 1 aliphatic heterocycles. The van der Waals surface area contributed by atoms with Crippen LogP contribution in [0, 0.1) is 0 Å². The maximum absolute atomic E-state index is 12.0. The summed E-state index contributed by atoms with van der Waals surface area (Å²) in [6.07, 6.45) is 3.91. The van der Waals surface area contributed by atoms with Gasteiger partial charge in [-0.1, -0.05) is 13.3 Å². The van der Waals surface area contributed by atoms with Gasteiger partial charge in [0.25, 0.3) is 10.2 Å². The maximum Gasteiger partial charge on any atom is 0.279 e. The first-order chi connectivity index (χ1) is 6.97. The third-order valence-corrected chi connectivity index (χ3v) is 4.87. The predicted octanol–water partition coefficient (Wildman–Crippen LogP) is 1.49. The molecular weight excluding hydrogens is 212 g/mol. The number of piperidine rings is 1. The van der Waals surface area contributed by atoms with Gasteiger partial charge in [0.05, 0.1) is 0 Å². The van der Waals surface area contributed by atoms with Crippen LogP contribution in [0.15, 0.2) is 0 Å². The van der Waals surface area contributed by atoms with Gasteiger partial charge in [0.15, 0.2) is 0 Å². The van der Waals surface area contributed by atoms with Gasteiger partial charge in [-0.2, -0.15) is 17.4 Å². The molecule has 1 aliphatic rings. The van der Waals surface area contributed by atoms with Crippen LogP contribution in [0.3, 0.4) is 0 Å². The SMILES string of the molecule is CCC(C)NS(=O)(=O)N1CCCCC1C. The summed E-state index contributed by atoms with van der Waals surface area (Å²) in [5.74, 6) is 0. The van der Waals surface area contributed by atoms with E-state index in [1.807, 2.05) is 20.8 Å². The highest BCUT2D eigenvalue weighted by molar-refractivity contribution is 7.87. The third-order valence-electron chi connectivity index (χ3n) is 3.01. The number of rotatable bonds is 4. The van der Waals surface area contributed by atoms with E-state index in [1.54, 1.807) is 4.31 Å². The minimum Gasteiger partial charge on any atom is -0.199 e. The fraction of sp³-hybridized carbons (Fsp3) is 1.00. The molecule has 15 heavy (non-hydrogen) atoms. The Labute approximate surface area is 93.2 Å². The molecule has 0 saturated carbocycles. The number of hydrogen-bond donors (Lipinski definition) is 1. The topological polar surface area (TPSA) is 49.4 Å². The summed E-state index contributed by atoms with van der Waals surface area (Å²) in [6.45, 7) is 6.51. The number of hydrogen-bond acceptors (Lipinski definition) is 2. The van der Waals surface area contributed by atoms with Gasteiger partial charge in [-0.25, -0.2) is 0 Å². The molecule has 0 aliphatic carbocycles. The molecule has 0 radical (unpaired) electrons. The standard InChI is InChI=1S/C10H22N2O2S/c1-4-9(2)11-15(13,14)12-8-6-5-7-10(12)3/h9-11H,4-8H2,1-3H3. The van der Waals surface area contributed by atoms with Gasteiger partial charge < -0.3 is 0 Å². The Morgan fingerprint density at radius 1 is 1.47 bits per heavy atom. The largest absolute Gasteiger partial charge is 0.279 e. The summed E-state index contributed by atoms with van der Waals surface area (Å²) < 4.78 is 28.3. The van der Waals surface area contributed by atoms with Crippen LogP contribution < -0.4 is 4.72 Å². The fourth-order valence-electron chi connectivity index (χ4n) is 1.83. The molecule has 2 atom stereocenters. The first-order valence-corrected chi connectivity index (χ1v) is 7.20. The smallest absolute Gasteiger partial charge is 0.199 e. The van der Waals surface area contributed by atoms with E-state index >= 15 is 0 Å². The van der Waals surface area contributed by atoms with Crippen molar-refractivity contribution in [3.05, 3.63) is 0 Å². The van der Waals surface area contributed by atoms with Crippen molar-refractivity contribution in [1.82, 2.24) is 9.03 Å². The van der Waals surface area contributed by atoms with Crippen molar-refractivity contribution in [2.24, 2.45) is 0 Å². The zero-order valence-electron chi connectivity index (χ0n) is 9.86. The fourth-order valence-corrected chi connectivity index (χ4v) is 3.59. The van der Waals surface area contributed by atoms with E-state index in [9.17, 15) is 8.42 Å². The maximum atomic E-state index is 12.0. The highest BCUT2D eigenvalue weighted by atomic mass is 32.2. The highest BCUT2D eigenvalue weighted by Crippen LogP contribution is 2.19. The number of nitrogens with one attached hydrogen (secondary N) is 1. The molecule has 1 heterocycles. The third kappa shape index (κ3) is 3.43. The molecule has 0 aromatic heterocycles. The summed E-state index contributed by atoms with van der Waals surface area (Å²) in [5.41, 5.74) is 0.